The standard InChI is InChI=1S/C7H10F3N3S/c1-13-4-5(3-12-13)14-6(2-11)7(8,9)10/h3-4,6H,2,11H2,1H3. The molecule has 0 aromatic carbocycles. The first-order valence-electron chi connectivity index (χ1n) is 3.85. The van der Waals surface area contributed by atoms with Gasteiger partial charge >= 0.3 is 6.18 Å². The molecule has 1 aromatic heterocycles. The van der Waals surface area contributed by atoms with Crippen LogP contribution in [-0.4, -0.2) is 27.8 Å². The van der Waals surface area contributed by atoms with Gasteiger partial charge in [0.15, 0.2) is 0 Å². The van der Waals surface area contributed by atoms with E-state index in [2.05, 4.69) is 5.10 Å². The number of rotatable bonds is 3. The summed E-state index contributed by atoms with van der Waals surface area (Å²) in [4.78, 5) is 0.472. The monoisotopic (exact) mass is 225 g/mol. The molecule has 0 saturated heterocycles. The molecule has 0 aliphatic heterocycles. The number of hydrogen-bond donors (Lipinski definition) is 1. The highest BCUT2D eigenvalue weighted by Crippen LogP contribution is 2.34. The van der Waals surface area contributed by atoms with Crippen LogP contribution in [-0.2, 0) is 7.05 Å². The molecular formula is C7H10F3N3S. The molecule has 1 aromatic rings. The number of alkyl halides is 3. The second-order valence-corrected chi connectivity index (χ2v) is 4.01. The largest absolute Gasteiger partial charge is 0.402 e. The number of aryl methyl sites for hydroxylation is 1. The lowest BCUT2D eigenvalue weighted by molar-refractivity contribution is -0.126. The number of thioether (sulfide) groups is 1. The topological polar surface area (TPSA) is 43.8 Å². The van der Waals surface area contributed by atoms with Crippen LogP contribution in [0.15, 0.2) is 17.3 Å². The van der Waals surface area contributed by atoms with E-state index in [1.54, 1.807) is 7.05 Å². The summed E-state index contributed by atoms with van der Waals surface area (Å²) >= 11 is 0.683. The van der Waals surface area contributed by atoms with Crippen molar-refractivity contribution < 1.29 is 13.2 Å². The SMILES string of the molecule is Cn1cc(SC(CN)C(F)(F)F)cn1. The summed E-state index contributed by atoms with van der Waals surface area (Å²) in [5.74, 6) is 0. The fraction of sp³-hybridized carbons (Fsp3) is 0.571. The normalized spacial score (nSPS) is 14.4. The Morgan fingerprint density at radius 2 is 2.29 bits per heavy atom. The molecule has 1 rings (SSSR count). The van der Waals surface area contributed by atoms with E-state index in [0.29, 0.717) is 16.7 Å². The summed E-state index contributed by atoms with van der Waals surface area (Å²) in [7, 11) is 1.65. The zero-order valence-electron chi connectivity index (χ0n) is 7.45. The first kappa shape index (κ1) is 11.4. The quantitative estimate of drug-likeness (QED) is 0.791. The van der Waals surface area contributed by atoms with Crippen molar-refractivity contribution in [1.29, 1.82) is 0 Å². The molecule has 1 heterocycles. The van der Waals surface area contributed by atoms with Crippen LogP contribution in [0.4, 0.5) is 13.2 Å². The molecule has 2 N–H and O–H groups in total. The van der Waals surface area contributed by atoms with Crippen molar-refractivity contribution >= 4 is 11.8 Å². The maximum atomic E-state index is 12.3. The molecule has 14 heavy (non-hydrogen) atoms. The Hall–Kier alpha value is -0.690. The van der Waals surface area contributed by atoms with Crippen molar-refractivity contribution in [3.8, 4) is 0 Å². The molecule has 7 heteroatoms. The van der Waals surface area contributed by atoms with Gasteiger partial charge in [0, 0.05) is 24.7 Å². The van der Waals surface area contributed by atoms with E-state index in [1.807, 2.05) is 0 Å². The molecular weight excluding hydrogens is 215 g/mol. The molecule has 3 nitrogen and oxygen atoms in total. The van der Waals surface area contributed by atoms with Gasteiger partial charge in [-0.15, -0.1) is 11.8 Å². The van der Waals surface area contributed by atoms with Crippen molar-refractivity contribution in [2.24, 2.45) is 12.8 Å². The minimum Gasteiger partial charge on any atom is -0.329 e. The second-order valence-electron chi connectivity index (χ2n) is 2.73. The predicted octanol–water partition coefficient (Wildman–Crippen LogP) is 1.40. The Balaban J connectivity index is 2.66. The molecule has 1 atom stereocenters. The third-order valence-electron chi connectivity index (χ3n) is 1.54. The molecule has 0 radical (unpaired) electrons. The van der Waals surface area contributed by atoms with Gasteiger partial charge in [-0.25, -0.2) is 0 Å². The molecule has 0 amide bonds. The van der Waals surface area contributed by atoms with Gasteiger partial charge in [-0.05, 0) is 0 Å². The number of aromatic nitrogens is 2. The van der Waals surface area contributed by atoms with Crippen molar-refractivity contribution in [3.63, 3.8) is 0 Å². The first-order chi connectivity index (χ1) is 6.43. The summed E-state index contributed by atoms with van der Waals surface area (Å²) < 4.78 is 38.3. The summed E-state index contributed by atoms with van der Waals surface area (Å²) in [6.45, 7) is -0.428. The fourth-order valence-corrected chi connectivity index (χ4v) is 1.75. The molecule has 0 fully saturated rings. The first-order valence-corrected chi connectivity index (χ1v) is 4.73. The van der Waals surface area contributed by atoms with E-state index in [1.165, 1.54) is 17.1 Å². The predicted molar refractivity (Wildman–Crippen MR) is 48.0 cm³/mol. The van der Waals surface area contributed by atoms with Crippen LogP contribution in [0.25, 0.3) is 0 Å². The average molecular weight is 225 g/mol. The fourth-order valence-electron chi connectivity index (χ4n) is 0.872. The van der Waals surface area contributed by atoms with Crippen LogP contribution in [0.2, 0.25) is 0 Å². The Labute approximate surface area is 83.5 Å². The number of nitrogens with two attached hydrogens (primary N) is 1. The Morgan fingerprint density at radius 1 is 1.64 bits per heavy atom. The molecule has 0 spiro atoms. The molecule has 0 aliphatic rings. The van der Waals surface area contributed by atoms with Gasteiger partial charge in [-0.3, -0.25) is 4.68 Å². The highest BCUT2D eigenvalue weighted by Gasteiger charge is 2.39. The third kappa shape index (κ3) is 2.91. The van der Waals surface area contributed by atoms with Gasteiger partial charge in [-0.2, -0.15) is 18.3 Å². The molecule has 0 saturated carbocycles. The maximum Gasteiger partial charge on any atom is 0.402 e. The van der Waals surface area contributed by atoms with Crippen LogP contribution >= 0.6 is 11.8 Å². The lowest BCUT2D eigenvalue weighted by Gasteiger charge is -2.16. The van der Waals surface area contributed by atoms with Crippen molar-refractivity contribution in [1.82, 2.24) is 9.78 Å². The number of halogens is 3. The highest BCUT2D eigenvalue weighted by atomic mass is 32.2. The van der Waals surface area contributed by atoms with E-state index in [0.717, 1.165) is 0 Å². The maximum absolute atomic E-state index is 12.3. The van der Waals surface area contributed by atoms with Gasteiger partial charge in [0.2, 0.25) is 0 Å². The van der Waals surface area contributed by atoms with Gasteiger partial charge in [-0.1, -0.05) is 0 Å². The second kappa shape index (κ2) is 4.22. The lowest BCUT2D eigenvalue weighted by Crippen LogP contribution is -2.32. The molecule has 0 aliphatic carbocycles. The minimum absolute atomic E-state index is 0.428. The van der Waals surface area contributed by atoms with Gasteiger partial charge in [0.1, 0.15) is 5.25 Å². The summed E-state index contributed by atoms with van der Waals surface area (Å²) in [6, 6.07) is 0. The van der Waals surface area contributed by atoms with Gasteiger partial charge in [0.05, 0.1) is 6.20 Å². The van der Waals surface area contributed by atoms with Crippen LogP contribution in [0, 0.1) is 0 Å². The number of nitrogens with zero attached hydrogens (tertiary/aromatic N) is 2. The van der Waals surface area contributed by atoms with Crippen LogP contribution < -0.4 is 5.73 Å². The smallest absolute Gasteiger partial charge is 0.329 e. The van der Waals surface area contributed by atoms with E-state index in [-0.39, 0.29) is 0 Å². The van der Waals surface area contributed by atoms with Crippen molar-refractivity contribution in [2.45, 2.75) is 16.3 Å². The van der Waals surface area contributed by atoms with Crippen molar-refractivity contribution in [3.05, 3.63) is 12.4 Å². The Morgan fingerprint density at radius 3 is 2.64 bits per heavy atom. The number of hydrogen-bond acceptors (Lipinski definition) is 3. The third-order valence-corrected chi connectivity index (χ3v) is 2.77. The van der Waals surface area contributed by atoms with Crippen LogP contribution in [0.5, 0.6) is 0 Å². The Bertz CT molecular complexity index is 297. The summed E-state index contributed by atoms with van der Waals surface area (Å²) in [5.41, 5.74) is 5.05. The van der Waals surface area contributed by atoms with Crippen LogP contribution in [0.3, 0.4) is 0 Å². The average Bonchev–Trinajstić information content (AvgIpc) is 2.45. The minimum atomic E-state index is -4.27. The van der Waals surface area contributed by atoms with E-state index < -0.39 is 18.0 Å². The Kier molecular flexibility index (Phi) is 3.43. The zero-order chi connectivity index (χ0) is 10.8. The van der Waals surface area contributed by atoms with E-state index in [9.17, 15) is 13.2 Å². The zero-order valence-corrected chi connectivity index (χ0v) is 8.27. The summed E-state index contributed by atoms with van der Waals surface area (Å²) in [5, 5.41) is 2.21. The molecule has 80 valence electrons. The highest BCUT2D eigenvalue weighted by molar-refractivity contribution is 8.00. The summed E-state index contributed by atoms with van der Waals surface area (Å²) in [6.07, 6.45) is -1.35. The van der Waals surface area contributed by atoms with Crippen molar-refractivity contribution in [2.75, 3.05) is 6.54 Å². The van der Waals surface area contributed by atoms with E-state index >= 15 is 0 Å². The van der Waals surface area contributed by atoms with Gasteiger partial charge in [0.25, 0.3) is 0 Å². The van der Waals surface area contributed by atoms with Crippen LogP contribution in [0.1, 0.15) is 0 Å². The lowest BCUT2D eigenvalue weighted by atomic mass is 10.4. The van der Waals surface area contributed by atoms with Gasteiger partial charge < -0.3 is 5.73 Å². The van der Waals surface area contributed by atoms with E-state index in [4.69, 9.17) is 5.73 Å². The molecule has 1 unspecified atom stereocenters. The molecule has 0 bridgehead atoms.